The molecule has 1 aromatic carbocycles. The topological polar surface area (TPSA) is 40.7 Å². The Kier molecular flexibility index (Phi) is 5.17. The van der Waals surface area contributed by atoms with Gasteiger partial charge in [0, 0.05) is 23.1 Å². The molecule has 0 atom stereocenters. The second kappa shape index (κ2) is 7.36. The molecule has 3 nitrogen and oxygen atoms in total. The Hall–Kier alpha value is -2.55. The molecule has 2 heterocycles. The van der Waals surface area contributed by atoms with Crippen molar-refractivity contribution < 1.29 is 0 Å². The number of nitrogens with zero attached hydrogens (tertiary/aromatic N) is 1. The van der Waals surface area contributed by atoms with E-state index < -0.39 is 0 Å². The van der Waals surface area contributed by atoms with Crippen LogP contribution in [0.5, 0.6) is 0 Å². The Labute approximate surface area is 156 Å². The summed E-state index contributed by atoms with van der Waals surface area (Å²) in [6.07, 6.45) is 4.12. The smallest absolute Gasteiger partial charge is 0.0548 e. The molecule has 0 spiro atoms. The Morgan fingerprint density at radius 3 is 2.54 bits per heavy atom. The zero-order valence-corrected chi connectivity index (χ0v) is 16.3. The number of aromatic amines is 1. The summed E-state index contributed by atoms with van der Waals surface area (Å²) in [5, 5.41) is 4.79. The van der Waals surface area contributed by atoms with Crippen molar-refractivity contribution in [2.45, 2.75) is 52.5 Å². The van der Waals surface area contributed by atoms with Crippen molar-refractivity contribution in [3.05, 3.63) is 77.4 Å². The van der Waals surface area contributed by atoms with Crippen LogP contribution in [0.4, 0.5) is 0 Å². The van der Waals surface area contributed by atoms with Gasteiger partial charge in [-0.15, -0.1) is 0 Å². The van der Waals surface area contributed by atoms with Gasteiger partial charge >= 0.3 is 0 Å². The molecule has 0 amide bonds. The maximum Gasteiger partial charge on any atom is 0.0548 e. The summed E-state index contributed by atoms with van der Waals surface area (Å²) in [4.78, 5) is 8.05. The highest BCUT2D eigenvalue weighted by molar-refractivity contribution is 5.82. The van der Waals surface area contributed by atoms with E-state index in [2.05, 4.69) is 66.0 Å². The molecular formula is C23H29N3. The van der Waals surface area contributed by atoms with E-state index in [0.717, 1.165) is 30.8 Å². The largest absolute Gasteiger partial charge is 0.382 e. The lowest BCUT2D eigenvalue weighted by Crippen LogP contribution is -2.24. The second-order valence-corrected chi connectivity index (χ2v) is 6.95. The highest BCUT2D eigenvalue weighted by Gasteiger charge is 2.48. The fourth-order valence-corrected chi connectivity index (χ4v) is 3.41. The first-order valence-electron chi connectivity index (χ1n) is 9.52. The van der Waals surface area contributed by atoms with Crippen molar-refractivity contribution in [3.8, 4) is 0 Å². The second-order valence-electron chi connectivity index (χ2n) is 6.95. The highest BCUT2D eigenvalue weighted by Crippen LogP contribution is 2.51. The van der Waals surface area contributed by atoms with Crippen LogP contribution in [0.3, 0.4) is 0 Å². The van der Waals surface area contributed by atoms with Gasteiger partial charge in [0.15, 0.2) is 0 Å². The van der Waals surface area contributed by atoms with E-state index in [1.54, 1.807) is 0 Å². The zero-order valence-electron chi connectivity index (χ0n) is 16.3. The van der Waals surface area contributed by atoms with Crippen LogP contribution in [0.15, 0.2) is 54.9 Å². The quantitative estimate of drug-likeness (QED) is 0.636. The van der Waals surface area contributed by atoms with Crippen LogP contribution in [-0.2, 0) is 12.0 Å². The van der Waals surface area contributed by atoms with Crippen molar-refractivity contribution in [1.29, 1.82) is 0 Å². The summed E-state index contributed by atoms with van der Waals surface area (Å²) in [7, 11) is 0. The summed E-state index contributed by atoms with van der Waals surface area (Å²) < 4.78 is 0. The summed E-state index contributed by atoms with van der Waals surface area (Å²) in [5.41, 5.74) is 7.27. The van der Waals surface area contributed by atoms with E-state index >= 15 is 0 Å². The van der Waals surface area contributed by atoms with E-state index in [1.165, 1.54) is 27.7 Å². The number of nitrogens with one attached hydrogen (secondary N) is 2. The molecule has 26 heavy (non-hydrogen) atoms. The molecule has 2 N–H and O–H groups in total. The molecule has 4 rings (SSSR count). The molecule has 1 saturated carbocycles. The molecule has 0 saturated heterocycles. The Balaban J connectivity index is 0.000000948. The maximum absolute atomic E-state index is 4.53. The molecule has 0 aliphatic heterocycles. The van der Waals surface area contributed by atoms with Crippen LogP contribution in [0.2, 0.25) is 0 Å². The van der Waals surface area contributed by atoms with Crippen LogP contribution in [0.1, 0.15) is 49.2 Å². The molecule has 1 fully saturated rings. The average Bonchev–Trinajstić information content (AvgIpc) is 3.39. The van der Waals surface area contributed by atoms with Gasteiger partial charge in [-0.2, -0.15) is 0 Å². The van der Waals surface area contributed by atoms with Crippen molar-refractivity contribution in [3.63, 3.8) is 0 Å². The molecule has 2 aromatic heterocycles. The lowest BCUT2D eigenvalue weighted by atomic mass is 9.98. The molecule has 136 valence electrons. The number of H-pyrrole nitrogens is 1. The van der Waals surface area contributed by atoms with E-state index in [1.807, 2.05) is 26.1 Å². The first-order chi connectivity index (χ1) is 12.6. The standard InChI is InChI=1S/C21H23N3.C2H6/c1-14-10-17-12-18(24-19(17)11-15(14)2)13-23-16(3)21(7-8-21)20-6-4-5-9-22-20;1-2/h4-6,9-12,23-24H,3,7-8,13H2,1-2H3;1-2H3. The van der Waals surface area contributed by atoms with Crippen LogP contribution in [0.25, 0.3) is 10.9 Å². The number of aromatic nitrogens is 2. The van der Waals surface area contributed by atoms with Gasteiger partial charge in [-0.25, -0.2) is 0 Å². The lowest BCUT2D eigenvalue weighted by molar-refractivity contribution is 0.661. The third-order valence-corrected chi connectivity index (χ3v) is 5.27. The molecule has 0 radical (unpaired) electrons. The minimum atomic E-state index is 0.0282. The molecule has 1 aliphatic carbocycles. The van der Waals surface area contributed by atoms with Crippen molar-refractivity contribution in [2.75, 3.05) is 0 Å². The number of rotatable bonds is 5. The third kappa shape index (κ3) is 3.39. The van der Waals surface area contributed by atoms with E-state index in [0.29, 0.717) is 0 Å². The van der Waals surface area contributed by atoms with E-state index in [4.69, 9.17) is 0 Å². The Bertz CT molecular complexity index is 863. The van der Waals surface area contributed by atoms with Gasteiger partial charge in [0.2, 0.25) is 0 Å². The van der Waals surface area contributed by atoms with Gasteiger partial charge < -0.3 is 10.3 Å². The maximum atomic E-state index is 4.53. The monoisotopic (exact) mass is 347 g/mol. The molecular weight excluding hydrogens is 318 g/mol. The zero-order chi connectivity index (χ0) is 18.7. The third-order valence-electron chi connectivity index (χ3n) is 5.27. The lowest BCUT2D eigenvalue weighted by Gasteiger charge is -2.19. The summed E-state index contributed by atoms with van der Waals surface area (Å²) >= 11 is 0. The number of hydrogen-bond donors (Lipinski definition) is 2. The number of benzene rings is 1. The minimum absolute atomic E-state index is 0.0282. The molecule has 0 bridgehead atoms. The van der Waals surface area contributed by atoms with Crippen molar-refractivity contribution in [1.82, 2.24) is 15.3 Å². The minimum Gasteiger partial charge on any atom is -0.382 e. The van der Waals surface area contributed by atoms with Crippen molar-refractivity contribution >= 4 is 10.9 Å². The van der Waals surface area contributed by atoms with Gasteiger partial charge in [-0.05, 0) is 73.5 Å². The van der Waals surface area contributed by atoms with Gasteiger partial charge in [-0.1, -0.05) is 26.5 Å². The average molecular weight is 348 g/mol. The van der Waals surface area contributed by atoms with Crippen molar-refractivity contribution in [2.24, 2.45) is 0 Å². The molecule has 0 unspecified atom stereocenters. The number of allylic oxidation sites excluding steroid dienone is 1. The number of pyridine rings is 1. The van der Waals surface area contributed by atoms with Crippen LogP contribution in [-0.4, -0.2) is 9.97 Å². The van der Waals surface area contributed by atoms with Crippen LogP contribution < -0.4 is 5.32 Å². The van der Waals surface area contributed by atoms with Crippen LogP contribution in [0, 0.1) is 13.8 Å². The number of hydrogen-bond acceptors (Lipinski definition) is 2. The highest BCUT2D eigenvalue weighted by atomic mass is 14.9. The van der Waals surface area contributed by atoms with Gasteiger partial charge in [0.25, 0.3) is 0 Å². The van der Waals surface area contributed by atoms with Gasteiger partial charge in [0.05, 0.1) is 17.7 Å². The van der Waals surface area contributed by atoms with Crippen LogP contribution >= 0.6 is 0 Å². The first kappa shape index (κ1) is 18.2. The summed E-state index contributed by atoms with van der Waals surface area (Å²) in [6, 6.07) is 12.8. The summed E-state index contributed by atoms with van der Waals surface area (Å²) in [6.45, 7) is 13.4. The Morgan fingerprint density at radius 1 is 1.15 bits per heavy atom. The molecule has 3 aromatic rings. The van der Waals surface area contributed by atoms with Gasteiger partial charge in [0.1, 0.15) is 0 Å². The normalized spacial score (nSPS) is 14.5. The summed E-state index contributed by atoms with van der Waals surface area (Å²) in [5.74, 6) is 0. The predicted octanol–water partition coefficient (Wildman–Crippen LogP) is 5.54. The predicted molar refractivity (Wildman–Crippen MR) is 110 cm³/mol. The molecule has 1 aliphatic rings. The molecule has 3 heteroatoms. The SMILES string of the molecule is C=C(NCc1cc2cc(C)c(C)cc2[nH]1)C1(c2ccccn2)CC1.CC. The Morgan fingerprint density at radius 2 is 1.88 bits per heavy atom. The van der Waals surface area contributed by atoms with E-state index in [-0.39, 0.29) is 5.41 Å². The fourth-order valence-electron chi connectivity index (χ4n) is 3.41. The van der Waals surface area contributed by atoms with E-state index in [9.17, 15) is 0 Å². The van der Waals surface area contributed by atoms with Gasteiger partial charge in [-0.3, -0.25) is 4.98 Å². The fraction of sp³-hybridized carbons (Fsp3) is 0.348. The number of aryl methyl sites for hydroxylation is 2. The first-order valence-corrected chi connectivity index (χ1v) is 9.52. The number of fused-ring (bicyclic) bond motifs is 1.